The van der Waals surface area contributed by atoms with Gasteiger partial charge in [-0.2, -0.15) is 0 Å². The number of halogens is 1. The van der Waals surface area contributed by atoms with Gasteiger partial charge in [0.1, 0.15) is 0 Å². The summed E-state index contributed by atoms with van der Waals surface area (Å²) in [6.07, 6.45) is 0. The number of guanidine groups is 1. The van der Waals surface area contributed by atoms with Crippen LogP contribution in [0.3, 0.4) is 0 Å². The Morgan fingerprint density at radius 2 is 1.96 bits per heavy atom. The van der Waals surface area contributed by atoms with Crippen molar-refractivity contribution < 1.29 is 4.74 Å². The smallest absolute Gasteiger partial charge is 0.191 e. The second-order valence-corrected chi connectivity index (χ2v) is 6.19. The number of aliphatic imine (C=N–C) groups is 1. The van der Waals surface area contributed by atoms with Crippen molar-refractivity contribution in [3.05, 3.63) is 34.9 Å². The van der Waals surface area contributed by atoms with Gasteiger partial charge in [-0.15, -0.1) is 0 Å². The van der Waals surface area contributed by atoms with Gasteiger partial charge in [0.05, 0.1) is 19.2 Å². The number of ether oxygens (including phenoxy) is 1. The summed E-state index contributed by atoms with van der Waals surface area (Å²) in [4.78, 5) is 6.88. The van der Waals surface area contributed by atoms with Gasteiger partial charge >= 0.3 is 0 Å². The van der Waals surface area contributed by atoms with Gasteiger partial charge in [-0.05, 0) is 45.6 Å². The van der Waals surface area contributed by atoms with Gasteiger partial charge < -0.3 is 20.3 Å². The molecule has 0 aliphatic rings. The van der Waals surface area contributed by atoms with E-state index in [-0.39, 0.29) is 12.1 Å². The number of nitrogens with zero attached hydrogens (tertiary/aromatic N) is 2. The second kappa shape index (κ2) is 10.5. The molecule has 0 aromatic heterocycles. The molecule has 0 heterocycles. The van der Waals surface area contributed by atoms with E-state index < -0.39 is 0 Å². The second-order valence-electron chi connectivity index (χ2n) is 5.75. The highest BCUT2D eigenvalue weighted by atomic mass is 35.5. The van der Waals surface area contributed by atoms with Crippen LogP contribution in [0.15, 0.2) is 29.3 Å². The van der Waals surface area contributed by atoms with E-state index in [1.54, 1.807) is 7.11 Å². The molecule has 5 nitrogen and oxygen atoms in total. The average molecular weight is 341 g/mol. The zero-order valence-corrected chi connectivity index (χ0v) is 15.5. The van der Waals surface area contributed by atoms with Crippen LogP contribution in [-0.4, -0.2) is 57.8 Å². The van der Waals surface area contributed by atoms with E-state index >= 15 is 0 Å². The fraction of sp³-hybridized carbons (Fsp3) is 0.588. The molecule has 1 rings (SSSR count). The van der Waals surface area contributed by atoms with E-state index in [4.69, 9.17) is 21.3 Å². The molecule has 0 spiro atoms. The van der Waals surface area contributed by atoms with E-state index in [0.29, 0.717) is 13.2 Å². The number of hydrogen-bond donors (Lipinski definition) is 2. The van der Waals surface area contributed by atoms with Gasteiger partial charge in [-0.1, -0.05) is 23.7 Å². The van der Waals surface area contributed by atoms with Gasteiger partial charge in [0, 0.05) is 24.7 Å². The van der Waals surface area contributed by atoms with Crippen LogP contribution in [0, 0.1) is 0 Å². The third-order valence-electron chi connectivity index (χ3n) is 3.44. The summed E-state index contributed by atoms with van der Waals surface area (Å²) in [5.74, 6) is 0.804. The molecular weight excluding hydrogens is 312 g/mol. The van der Waals surface area contributed by atoms with Crippen LogP contribution >= 0.6 is 11.6 Å². The predicted molar refractivity (Wildman–Crippen MR) is 98.3 cm³/mol. The summed E-state index contributed by atoms with van der Waals surface area (Å²) in [5, 5.41) is 7.37. The van der Waals surface area contributed by atoms with Crippen LogP contribution in [-0.2, 0) is 4.74 Å². The van der Waals surface area contributed by atoms with Crippen molar-refractivity contribution in [1.82, 2.24) is 15.5 Å². The lowest BCUT2D eigenvalue weighted by molar-refractivity contribution is 0.179. The first-order chi connectivity index (χ1) is 11.0. The van der Waals surface area contributed by atoms with Gasteiger partial charge in [0.15, 0.2) is 5.96 Å². The zero-order chi connectivity index (χ0) is 17.2. The molecule has 23 heavy (non-hydrogen) atoms. The number of benzene rings is 1. The molecule has 6 heteroatoms. The minimum atomic E-state index is 0.195. The number of nitrogens with one attached hydrogen (secondary N) is 2. The third kappa shape index (κ3) is 7.20. The highest BCUT2D eigenvalue weighted by Gasteiger charge is 2.14. The molecule has 0 fully saturated rings. The Hall–Kier alpha value is -1.30. The quantitative estimate of drug-likeness (QED) is 0.564. The zero-order valence-electron chi connectivity index (χ0n) is 14.8. The third-order valence-corrected chi connectivity index (χ3v) is 3.70. The monoisotopic (exact) mass is 340 g/mol. The molecule has 0 saturated carbocycles. The standard InChI is InChI=1S/C17H29ClN4O/c1-6-19-17(21-13(2)12-23-5)20-11-16(22(3)4)14-7-9-15(18)10-8-14/h7-10,13,16H,6,11-12H2,1-5H3,(H2,19,20,21). The number of methoxy groups -OCH3 is 1. The van der Waals surface area contributed by atoms with Crippen molar-refractivity contribution in [2.24, 2.45) is 4.99 Å². The van der Waals surface area contributed by atoms with Crippen molar-refractivity contribution in [2.75, 3.05) is 40.9 Å². The highest BCUT2D eigenvalue weighted by Crippen LogP contribution is 2.20. The Kier molecular flexibility index (Phi) is 8.99. The first kappa shape index (κ1) is 19.7. The summed E-state index contributed by atoms with van der Waals surface area (Å²) < 4.78 is 5.16. The summed E-state index contributed by atoms with van der Waals surface area (Å²) in [5.41, 5.74) is 1.20. The lowest BCUT2D eigenvalue weighted by Crippen LogP contribution is -2.44. The topological polar surface area (TPSA) is 48.9 Å². The first-order valence-corrected chi connectivity index (χ1v) is 8.31. The molecule has 0 aliphatic carbocycles. The lowest BCUT2D eigenvalue weighted by Gasteiger charge is -2.24. The maximum absolute atomic E-state index is 5.98. The molecule has 2 atom stereocenters. The largest absolute Gasteiger partial charge is 0.383 e. The van der Waals surface area contributed by atoms with Gasteiger partial charge in [0.25, 0.3) is 0 Å². The number of likely N-dealkylation sites (N-methyl/N-ethyl adjacent to an activating group) is 1. The minimum absolute atomic E-state index is 0.195. The Bertz CT molecular complexity index is 476. The lowest BCUT2D eigenvalue weighted by atomic mass is 10.1. The SMILES string of the molecule is CCNC(=NCC(c1ccc(Cl)cc1)N(C)C)NC(C)COC. The van der Waals surface area contributed by atoms with Crippen LogP contribution in [0.2, 0.25) is 5.02 Å². The molecular formula is C17H29ClN4O. The van der Waals surface area contributed by atoms with E-state index in [1.807, 2.05) is 12.1 Å². The molecule has 0 amide bonds. The Morgan fingerprint density at radius 1 is 1.30 bits per heavy atom. The van der Waals surface area contributed by atoms with Crippen molar-refractivity contribution in [1.29, 1.82) is 0 Å². The summed E-state index contributed by atoms with van der Waals surface area (Å²) in [6, 6.07) is 8.33. The van der Waals surface area contributed by atoms with E-state index in [2.05, 4.69) is 55.6 Å². The predicted octanol–water partition coefficient (Wildman–Crippen LogP) is 2.53. The Morgan fingerprint density at radius 3 is 2.48 bits per heavy atom. The van der Waals surface area contributed by atoms with Gasteiger partial charge in [-0.25, -0.2) is 0 Å². The molecule has 1 aromatic rings. The maximum Gasteiger partial charge on any atom is 0.191 e. The molecule has 0 bridgehead atoms. The molecule has 0 aliphatic heterocycles. The Labute approximate surface area is 145 Å². The van der Waals surface area contributed by atoms with Gasteiger partial charge in [-0.3, -0.25) is 4.99 Å². The molecule has 0 radical (unpaired) electrons. The molecule has 2 N–H and O–H groups in total. The van der Waals surface area contributed by atoms with E-state index in [0.717, 1.165) is 17.5 Å². The summed E-state index contributed by atoms with van der Waals surface area (Å²) in [6.45, 7) is 6.24. The van der Waals surface area contributed by atoms with Gasteiger partial charge in [0.2, 0.25) is 0 Å². The normalized spacial score (nSPS) is 14.7. The van der Waals surface area contributed by atoms with Crippen LogP contribution in [0.1, 0.15) is 25.5 Å². The van der Waals surface area contributed by atoms with Crippen molar-refractivity contribution >= 4 is 17.6 Å². The Balaban J connectivity index is 2.81. The molecule has 2 unspecified atom stereocenters. The van der Waals surface area contributed by atoms with E-state index in [1.165, 1.54) is 5.56 Å². The summed E-state index contributed by atoms with van der Waals surface area (Å²) >= 11 is 5.98. The van der Waals surface area contributed by atoms with Crippen molar-refractivity contribution in [3.8, 4) is 0 Å². The molecule has 1 aromatic carbocycles. The minimum Gasteiger partial charge on any atom is -0.383 e. The fourth-order valence-corrected chi connectivity index (χ4v) is 2.40. The average Bonchev–Trinajstić information content (AvgIpc) is 2.49. The fourth-order valence-electron chi connectivity index (χ4n) is 2.27. The number of hydrogen-bond acceptors (Lipinski definition) is 3. The van der Waals surface area contributed by atoms with Crippen LogP contribution in [0.5, 0.6) is 0 Å². The highest BCUT2D eigenvalue weighted by molar-refractivity contribution is 6.30. The van der Waals surface area contributed by atoms with Crippen LogP contribution in [0.4, 0.5) is 0 Å². The van der Waals surface area contributed by atoms with Crippen molar-refractivity contribution in [2.45, 2.75) is 25.9 Å². The molecule has 0 saturated heterocycles. The first-order valence-electron chi connectivity index (χ1n) is 7.93. The van der Waals surface area contributed by atoms with E-state index in [9.17, 15) is 0 Å². The van der Waals surface area contributed by atoms with Crippen LogP contribution in [0.25, 0.3) is 0 Å². The molecule has 130 valence electrons. The van der Waals surface area contributed by atoms with Crippen LogP contribution < -0.4 is 10.6 Å². The number of rotatable bonds is 8. The summed E-state index contributed by atoms with van der Waals surface area (Å²) in [7, 11) is 5.82. The maximum atomic E-state index is 5.98. The van der Waals surface area contributed by atoms with Crippen molar-refractivity contribution in [3.63, 3.8) is 0 Å².